The zero-order valence-electron chi connectivity index (χ0n) is 13.3. The molecule has 1 amide bonds. The number of anilines is 1. The van der Waals surface area contributed by atoms with Gasteiger partial charge in [0.05, 0.1) is 10.8 Å². The van der Waals surface area contributed by atoms with E-state index < -0.39 is 11.0 Å². The minimum Gasteiger partial charge on any atom is -0.358 e. The number of amides is 1. The molecule has 1 atom stereocenters. The topological polar surface area (TPSA) is 90.1 Å². The lowest BCUT2D eigenvalue weighted by Gasteiger charge is -2.12. The lowest BCUT2D eigenvalue weighted by atomic mass is 10.1. The standard InChI is InChI=1S/C15H17BrN4O3/c1-8-5-6-12(7-9(8)2)17-15(21)11(4)19-10(3)13(16)14(18-19)20(22)23/h5-7,11H,1-4H3,(H,17,21)/t11-/m0/s1. The molecule has 1 aromatic heterocycles. The molecule has 1 N–H and O–H groups in total. The number of carbonyl (C=O) groups excluding carboxylic acids is 1. The van der Waals surface area contributed by atoms with Crippen LogP contribution in [0.25, 0.3) is 0 Å². The van der Waals surface area contributed by atoms with E-state index in [0.29, 0.717) is 11.4 Å². The fourth-order valence-corrected chi connectivity index (χ4v) is 2.56. The fraction of sp³-hybridized carbons (Fsp3) is 0.333. The number of nitrogens with one attached hydrogen (secondary N) is 1. The molecule has 7 nitrogen and oxygen atoms in total. The van der Waals surface area contributed by atoms with Crippen LogP contribution in [0.4, 0.5) is 11.5 Å². The molecule has 122 valence electrons. The summed E-state index contributed by atoms with van der Waals surface area (Å²) in [5.74, 6) is -0.588. The van der Waals surface area contributed by atoms with Crippen LogP contribution in [0.2, 0.25) is 0 Å². The third kappa shape index (κ3) is 3.42. The zero-order valence-corrected chi connectivity index (χ0v) is 14.8. The lowest BCUT2D eigenvalue weighted by molar-refractivity contribution is -0.390. The molecule has 0 saturated heterocycles. The van der Waals surface area contributed by atoms with Crippen molar-refractivity contribution in [1.29, 1.82) is 0 Å². The Morgan fingerprint density at radius 3 is 2.52 bits per heavy atom. The van der Waals surface area contributed by atoms with Crippen LogP contribution in [0.5, 0.6) is 0 Å². The molecule has 23 heavy (non-hydrogen) atoms. The van der Waals surface area contributed by atoms with Crippen molar-refractivity contribution >= 4 is 33.3 Å². The molecule has 2 aromatic rings. The van der Waals surface area contributed by atoms with Gasteiger partial charge in [0, 0.05) is 5.69 Å². The van der Waals surface area contributed by atoms with Gasteiger partial charge in [0.1, 0.15) is 10.5 Å². The van der Waals surface area contributed by atoms with Gasteiger partial charge < -0.3 is 15.4 Å². The molecular formula is C15H17BrN4O3. The maximum absolute atomic E-state index is 12.4. The molecule has 1 aromatic carbocycles. The Bertz CT molecular complexity index is 785. The van der Waals surface area contributed by atoms with Gasteiger partial charge in [-0.15, -0.1) is 0 Å². The van der Waals surface area contributed by atoms with E-state index >= 15 is 0 Å². The van der Waals surface area contributed by atoms with Gasteiger partial charge in [0.15, 0.2) is 0 Å². The number of hydrogen-bond donors (Lipinski definition) is 1. The van der Waals surface area contributed by atoms with E-state index in [-0.39, 0.29) is 16.2 Å². The van der Waals surface area contributed by atoms with Crippen LogP contribution < -0.4 is 5.32 Å². The Kier molecular flexibility index (Phi) is 4.84. The first kappa shape index (κ1) is 17.1. The maximum Gasteiger partial charge on any atom is 0.404 e. The van der Waals surface area contributed by atoms with E-state index in [9.17, 15) is 14.9 Å². The van der Waals surface area contributed by atoms with Gasteiger partial charge in [0.25, 0.3) is 5.91 Å². The average molecular weight is 381 g/mol. The number of hydrogen-bond acceptors (Lipinski definition) is 4. The van der Waals surface area contributed by atoms with Crippen LogP contribution in [-0.4, -0.2) is 20.6 Å². The van der Waals surface area contributed by atoms with Gasteiger partial charge in [-0.05, 0) is 71.8 Å². The Balaban J connectivity index is 2.24. The minimum absolute atomic E-state index is 0.285. The molecule has 1 heterocycles. The van der Waals surface area contributed by atoms with Gasteiger partial charge in [-0.2, -0.15) is 4.68 Å². The van der Waals surface area contributed by atoms with E-state index in [2.05, 4.69) is 26.3 Å². The number of nitro groups is 1. The fourth-order valence-electron chi connectivity index (χ4n) is 2.15. The summed E-state index contributed by atoms with van der Waals surface area (Å²) in [6.45, 7) is 7.27. The van der Waals surface area contributed by atoms with Crippen molar-refractivity contribution in [2.45, 2.75) is 33.7 Å². The first-order valence-corrected chi connectivity index (χ1v) is 7.78. The van der Waals surface area contributed by atoms with E-state index in [0.717, 1.165) is 11.1 Å². The number of aromatic nitrogens is 2. The molecular weight excluding hydrogens is 364 g/mol. The smallest absolute Gasteiger partial charge is 0.358 e. The Morgan fingerprint density at radius 2 is 2.00 bits per heavy atom. The molecule has 2 rings (SSSR count). The molecule has 0 radical (unpaired) electrons. The molecule has 0 saturated carbocycles. The van der Waals surface area contributed by atoms with Crippen molar-refractivity contribution in [2.75, 3.05) is 5.32 Å². The minimum atomic E-state index is -0.679. The molecule has 0 spiro atoms. The van der Waals surface area contributed by atoms with Crippen molar-refractivity contribution in [3.8, 4) is 0 Å². The van der Waals surface area contributed by atoms with Gasteiger partial charge >= 0.3 is 5.82 Å². The summed E-state index contributed by atoms with van der Waals surface area (Å²) < 4.78 is 1.63. The summed E-state index contributed by atoms with van der Waals surface area (Å²) in [5.41, 5.74) is 3.42. The number of rotatable bonds is 4. The van der Waals surface area contributed by atoms with Gasteiger partial charge in [-0.3, -0.25) is 4.79 Å². The highest BCUT2D eigenvalue weighted by Gasteiger charge is 2.29. The number of aryl methyl sites for hydroxylation is 2. The second kappa shape index (κ2) is 6.49. The predicted octanol–water partition coefficient (Wildman–Crippen LogP) is 3.68. The molecule has 0 aliphatic carbocycles. The summed E-state index contributed by atoms with van der Waals surface area (Å²) in [6.07, 6.45) is 0. The van der Waals surface area contributed by atoms with E-state index in [1.807, 2.05) is 32.0 Å². The predicted molar refractivity (Wildman–Crippen MR) is 90.6 cm³/mol. The van der Waals surface area contributed by atoms with E-state index in [4.69, 9.17) is 0 Å². The van der Waals surface area contributed by atoms with Crippen LogP contribution in [0.15, 0.2) is 22.7 Å². The number of nitrogens with zero attached hydrogens (tertiary/aromatic N) is 3. The van der Waals surface area contributed by atoms with Crippen LogP contribution in [0.1, 0.15) is 29.8 Å². The van der Waals surface area contributed by atoms with Crippen molar-refractivity contribution < 1.29 is 9.72 Å². The normalized spacial score (nSPS) is 12.0. The van der Waals surface area contributed by atoms with Gasteiger partial charge in [-0.25, -0.2) is 0 Å². The van der Waals surface area contributed by atoms with Crippen LogP contribution >= 0.6 is 15.9 Å². The summed E-state index contributed by atoms with van der Waals surface area (Å²) >= 11 is 3.15. The second-order valence-corrected chi connectivity index (χ2v) is 6.18. The van der Waals surface area contributed by atoms with Crippen molar-refractivity contribution in [3.63, 3.8) is 0 Å². The highest BCUT2D eigenvalue weighted by molar-refractivity contribution is 9.10. The Hall–Kier alpha value is -2.22. The van der Waals surface area contributed by atoms with Gasteiger partial charge in [-0.1, -0.05) is 6.07 Å². The third-order valence-corrected chi connectivity index (χ3v) is 4.68. The quantitative estimate of drug-likeness (QED) is 0.646. The Morgan fingerprint density at radius 1 is 1.35 bits per heavy atom. The first-order valence-electron chi connectivity index (χ1n) is 6.99. The SMILES string of the molecule is Cc1ccc(NC(=O)[C@H](C)n2nc([N+](=O)[O-])c(Br)c2C)cc1C. The van der Waals surface area contributed by atoms with Crippen LogP contribution in [-0.2, 0) is 4.79 Å². The van der Waals surface area contributed by atoms with E-state index in [1.165, 1.54) is 4.68 Å². The molecule has 0 fully saturated rings. The zero-order chi connectivity index (χ0) is 17.3. The van der Waals surface area contributed by atoms with Crippen molar-refractivity contribution in [2.24, 2.45) is 0 Å². The van der Waals surface area contributed by atoms with Crippen molar-refractivity contribution in [3.05, 3.63) is 49.6 Å². The highest BCUT2D eigenvalue weighted by Crippen LogP contribution is 2.29. The molecule has 0 aliphatic rings. The first-order chi connectivity index (χ1) is 10.7. The van der Waals surface area contributed by atoms with Crippen LogP contribution in [0, 0.1) is 30.9 Å². The summed E-state index contributed by atoms with van der Waals surface area (Å²) in [5, 5.41) is 17.7. The summed E-state index contributed by atoms with van der Waals surface area (Å²) in [7, 11) is 0. The number of benzene rings is 1. The largest absolute Gasteiger partial charge is 0.404 e. The monoisotopic (exact) mass is 380 g/mol. The molecule has 8 heteroatoms. The summed E-state index contributed by atoms with van der Waals surface area (Å²) in [4.78, 5) is 22.8. The van der Waals surface area contributed by atoms with E-state index in [1.54, 1.807) is 13.8 Å². The highest BCUT2D eigenvalue weighted by atomic mass is 79.9. The van der Waals surface area contributed by atoms with Gasteiger partial charge in [0.2, 0.25) is 0 Å². The number of halogens is 1. The molecule has 0 bridgehead atoms. The third-order valence-electron chi connectivity index (χ3n) is 3.75. The lowest BCUT2D eigenvalue weighted by Crippen LogP contribution is -2.25. The average Bonchev–Trinajstić information content (AvgIpc) is 2.78. The van der Waals surface area contributed by atoms with Crippen molar-refractivity contribution in [1.82, 2.24) is 9.78 Å². The van der Waals surface area contributed by atoms with Crippen LogP contribution in [0.3, 0.4) is 0 Å². The number of carbonyl (C=O) groups is 1. The summed E-state index contributed by atoms with van der Waals surface area (Å²) in [6, 6.07) is 4.95. The Labute approximate surface area is 142 Å². The maximum atomic E-state index is 12.4. The molecule has 0 aliphatic heterocycles. The second-order valence-electron chi connectivity index (χ2n) is 5.39. The molecule has 0 unspecified atom stereocenters.